The largest absolute Gasteiger partial charge is 0.379 e. The number of carbonyl (C=O) groups is 1. The molecule has 5 nitrogen and oxygen atoms in total. The van der Waals surface area contributed by atoms with Crippen LogP contribution >= 0.6 is 0 Å². The van der Waals surface area contributed by atoms with Crippen LogP contribution in [0.2, 0.25) is 0 Å². The predicted octanol–water partition coefficient (Wildman–Crippen LogP) is 0.541. The zero-order chi connectivity index (χ0) is 9.23. The Labute approximate surface area is 71.1 Å². The molecule has 0 saturated carbocycles. The summed E-state index contributed by atoms with van der Waals surface area (Å²) in [6.45, 7) is 0.622. The summed E-state index contributed by atoms with van der Waals surface area (Å²) < 4.78 is 9.28. The quantitative estimate of drug-likeness (QED) is 0.581. The minimum atomic E-state index is -0.552. The fraction of sp³-hybridized carbons (Fsp3) is 0.571. The van der Waals surface area contributed by atoms with Crippen LogP contribution in [0.25, 0.3) is 0 Å². The van der Waals surface area contributed by atoms with Gasteiger partial charge in [-0.1, -0.05) is 0 Å². The Morgan fingerprint density at radius 3 is 1.92 bits per heavy atom. The van der Waals surface area contributed by atoms with Crippen LogP contribution in [-0.4, -0.2) is 45.9 Å². The van der Waals surface area contributed by atoms with Gasteiger partial charge in [-0.15, -0.1) is 0 Å². The molecule has 0 aliphatic heterocycles. The van der Waals surface area contributed by atoms with Crippen molar-refractivity contribution in [2.24, 2.45) is 9.98 Å². The van der Waals surface area contributed by atoms with Crippen molar-refractivity contribution in [2.45, 2.75) is 0 Å². The van der Waals surface area contributed by atoms with Crippen molar-refractivity contribution < 1.29 is 14.3 Å². The first-order chi connectivity index (χ1) is 5.81. The number of hydrogen-bond acceptors (Lipinski definition) is 3. The van der Waals surface area contributed by atoms with Crippen molar-refractivity contribution >= 4 is 18.5 Å². The highest BCUT2D eigenvalue weighted by Gasteiger charge is 1.88. The highest BCUT2D eigenvalue weighted by atomic mass is 16.5. The van der Waals surface area contributed by atoms with Gasteiger partial charge in [0.15, 0.2) is 0 Å². The van der Waals surface area contributed by atoms with Crippen LogP contribution in [0.4, 0.5) is 4.79 Å². The van der Waals surface area contributed by atoms with Gasteiger partial charge in [-0.3, -0.25) is 0 Å². The molecular weight excluding hydrogens is 160 g/mol. The average Bonchev–Trinajstić information content (AvgIpc) is 2.06. The maximum absolute atomic E-state index is 10.7. The van der Waals surface area contributed by atoms with Crippen molar-refractivity contribution in [2.75, 3.05) is 27.4 Å². The SMILES string of the molecule is COCC=NC(=O)N=CCOC. The molecule has 0 rings (SSSR count). The molecule has 0 saturated heterocycles. The van der Waals surface area contributed by atoms with E-state index in [4.69, 9.17) is 0 Å². The second-order valence-corrected chi connectivity index (χ2v) is 1.82. The molecular formula is C7H12N2O3. The Morgan fingerprint density at radius 1 is 1.17 bits per heavy atom. The first kappa shape index (κ1) is 10.9. The van der Waals surface area contributed by atoms with E-state index >= 15 is 0 Å². The van der Waals surface area contributed by atoms with Crippen LogP contribution in [-0.2, 0) is 9.47 Å². The number of ether oxygens (including phenoxy) is 2. The molecule has 5 heteroatoms. The van der Waals surface area contributed by atoms with E-state index in [-0.39, 0.29) is 0 Å². The Bertz CT molecular complexity index is 159. The first-order valence-electron chi connectivity index (χ1n) is 3.38. The van der Waals surface area contributed by atoms with Gasteiger partial charge >= 0.3 is 6.03 Å². The van der Waals surface area contributed by atoms with Crippen molar-refractivity contribution in [3.05, 3.63) is 0 Å². The summed E-state index contributed by atoms with van der Waals surface area (Å²) in [4.78, 5) is 17.6. The van der Waals surface area contributed by atoms with Crippen LogP contribution in [0.15, 0.2) is 9.98 Å². The zero-order valence-corrected chi connectivity index (χ0v) is 7.19. The maximum atomic E-state index is 10.7. The van der Waals surface area contributed by atoms with Gasteiger partial charge in [0.1, 0.15) is 0 Å². The van der Waals surface area contributed by atoms with E-state index in [2.05, 4.69) is 19.5 Å². The number of methoxy groups -OCH3 is 2. The lowest BCUT2D eigenvalue weighted by Crippen LogP contribution is -1.95. The van der Waals surface area contributed by atoms with E-state index < -0.39 is 6.03 Å². The van der Waals surface area contributed by atoms with Gasteiger partial charge in [-0.25, -0.2) is 14.8 Å². The number of urea groups is 1. The van der Waals surface area contributed by atoms with E-state index in [1.54, 1.807) is 0 Å². The Hall–Kier alpha value is -1.07. The topological polar surface area (TPSA) is 60.2 Å². The van der Waals surface area contributed by atoms with Crippen LogP contribution in [0.5, 0.6) is 0 Å². The maximum Gasteiger partial charge on any atom is 0.366 e. The lowest BCUT2D eigenvalue weighted by Gasteiger charge is -1.87. The molecule has 68 valence electrons. The molecule has 0 atom stereocenters. The molecule has 0 radical (unpaired) electrons. The standard InChI is InChI=1S/C7H12N2O3/c1-11-5-3-8-7(10)9-4-6-12-2/h3-4H,5-6H2,1-2H3. The molecule has 0 aromatic heterocycles. The fourth-order valence-electron chi connectivity index (χ4n) is 0.413. The van der Waals surface area contributed by atoms with Gasteiger partial charge in [0.2, 0.25) is 0 Å². The summed E-state index contributed by atoms with van der Waals surface area (Å²) in [5.41, 5.74) is 0. The van der Waals surface area contributed by atoms with Crippen molar-refractivity contribution in [3.63, 3.8) is 0 Å². The summed E-state index contributed by atoms with van der Waals surface area (Å²) in [6.07, 6.45) is 2.71. The minimum Gasteiger partial charge on any atom is -0.379 e. The van der Waals surface area contributed by atoms with Gasteiger partial charge in [0.25, 0.3) is 0 Å². The second-order valence-electron chi connectivity index (χ2n) is 1.82. The highest BCUT2D eigenvalue weighted by Crippen LogP contribution is 1.79. The monoisotopic (exact) mass is 172 g/mol. The van der Waals surface area contributed by atoms with Gasteiger partial charge in [-0.2, -0.15) is 0 Å². The summed E-state index contributed by atoms with van der Waals surface area (Å²) in [5, 5.41) is 0. The van der Waals surface area contributed by atoms with Crippen molar-refractivity contribution in [1.29, 1.82) is 0 Å². The molecule has 0 aromatic carbocycles. The zero-order valence-electron chi connectivity index (χ0n) is 7.19. The fourth-order valence-corrected chi connectivity index (χ4v) is 0.413. The molecule has 0 fully saturated rings. The van der Waals surface area contributed by atoms with Gasteiger partial charge < -0.3 is 9.47 Å². The number of carbonyl (C=O) groups excluding carboxylic acids is 1. The number of rotatable bonds is 4. The van der Waals surface area contributed by atoms with Crippen LogP contribution in [0, 0.1) is 0 Å². The number of nitrogens with zero attached hydrogens (tertiary/aromatic N) is 2. The molecule has 0 aliphatic carbocycles. The Kier molecular flexibility index (Phi) is 7.31. The second kappa shape index (κ2) is 8.03. The normalized spacial score (nSPS) is 11.5. The van der Waals surface area contributed by atoms with E-state index in [1.807, 2.05) is 0 Å². The molecule has 2 amide bonds. The van der Waals surface area contributed by atoms with E-state index in [0.717, 1.165) is 0 Å². The van der Waals surface area contributed by atoms with E-state index in [9.17, 15) is 4.79 Å². The van der Waals surface area contributed by atoms with Crippen LogP contribution < -0.4 is 0 Å². The van der Waals surface area contributed by atoms with Gasteiger partial charge in [-0.05, 0) is 0 Å². The van der Waals surface area contributed by atoms with Crippen molar-refractivity contribution in [3.8, 4) is 0 Å². The van der Waals surface area contributed by atoms with E-state index in [1.165, 1.54) is 26.6 Å². The van der Waals surface area contributed by atoms with Crippen LogP contribution in [0.3, 0.4) is 0 Å². The molecule has 0 unspecified atom stereocenters. The lowest BCUT2D eigenvalue weighted by molar-refractivity contribution is 0.244. The Balaban J connectivity index is 3.58. The summed E-state index contributed by atoms with van der Waals surface area (Å²) in [6, 6.07) is -0.552. The average molecular weight is 172 g/mol. The third-order valence-electron chi connectivity index (χ3n) is 0.886. The molecule has 0 heterocycles. The number of amides is 2. The third-order valence-corrected chi connectivity index (χ3v) is 0.886. The third kappa shape index (κ3) is 7.04. The molecule has 0 aliphatic rings. The smallest absolute Gasteiger partial charge is 0.366 e. The molecule has 0 N–H and O–H groups in total. The lowest BCUT2D eigenvalue weighted by atomic mass is 10.7. The predicted molar refractivity (Wildman–Crippen MR) is 46.1 cm³/mol. The molecule has 0 bridgehead atoms. The number of hydrogen-bond donors (Lipinski definition) is 0. The molecule has 12 heavy (non-hydrogen) atoms. The molecule has 0 aromatic rings. The van der Waals surface area contributed by atoms with E-state index in [0.29, 0.717) is 13.2 Å². The van der Waals surface area contributed by atoms with Gasteiger partial charge in [0, 0.05) is 26.6 Å². The summed E-state index contributed by atoms with van der Waals surface area (Å²) in [7, 11) is 3.04. The number of aliphatic imine (C=N–C) groups is 2. The van der Waals surface area contributed by atoms with Gasteiger partial charge in [0.05, 0.1) is 13.2 Å². The summed E-state index contributed by atoms with van der Waals surface area (Å²) >= 11 is 0. The first-order valence-corrected chi connectivity index (χ1v) is 3.38. The summed E-state index contributed by atoms with van der Waals surface area (Å²) in [5.74, 6) is 0. The van der Waals surface area contributed by atoms with Crippen LogP contribution in [0.1, 0.15) is 0 Å². The minimum absolute atomic E-state index is 0.311. The Morgan fingerprint density at radius 2 is 1.58 bits per heavy atom. The molecule has 0 spiro atoms. The highest BCUT2D eigenvalue weighted by molar-refractivity contribution is 5.89. The van der Waals surface area contributed by atoms with Crippen molar-refractivity contribution in [1.82, 2.24) is 0 Å².